The Labute approximate surface area is 118 Å². The molecular formula is C14H11F3N2O2. The lowest BCUT2D eigenvalue weighted by molar-refractivity contribution is -0.141. The number of nitrogens with zero attached hydrogens (tertiary/aromatic N) is 1. The summed E-state index contributed by atoms with van der Waals surface area (Å²) in [5.41, 5.74) is -0.256. The van der Waals surface area contributed by atoms with Gasteiger partial charge in [0.05, 0.1) is 18.3 Å². The van der Waals surface area contributed by atoms with Gasteiger partial charge in [0.1, 0.15) is 11.4 Å². The van der Waals surface area contributed by atoms with Gasteiger partial charge < -0.3 is 10.4 Å². The standard InChI is InChI=1S/C14H11F3N2O2/c15-14(16,17)12-5-4-10(8-18-12)19-13(21)7-9-2-1-3-11(20)6-9/h1-6,8,20H,7H2,(H,19,21). The number of aromatic hydroxyl groups is 1. The molecule has 1 aromatic carbocycles. The van der Waals surface area contributed by atoms with Crippen LogP contribution in [-0.4, -0.2) is 16.0 Å². The van der Waals surface area contributed by atoms with Gasteiger partial charge in [-0.1, -0.05) is 12.1 Å². The van der Waals surface area contributed by atoms with Crippen LogP contribution >= 0.6 is 0 Å². The van der Waals surface area contributed by atoms with Crippen molar-refractivity contribution < 1.29 is 23.1 Å². The van der Waals surface area contributed by atoms with Crippen molar-refractivity contribution in [3.05, 3.63) is 53.9 Å². The van der Waals surface area contributed by atoms with Gasteiger partial charge in [-0.15, -0.1) is 0 Å². The van der Waals surface area contributed by atoms with Crippen molar-refractivity contribution in [3.8, 4) is 5.75 Å². The molecule has 0 aliphatic rings. The molecular weight excluding hydrogens is 285 g/mol. The summed E-state index contributed by atoms with van der Waals surface area (Å²) in [4.78, 5) is 15.0. The maximum Gasteiger partial charge on any atom is 0.433 e. The summed E-state index contributed by atoms with van der Waals surface area (Å²) in [6.45, 7) is 0. The maximum atomic E-state index is 12.3. The number of pyridine rings is 1. The molecule has 0 unspecified atom stereocenters. The number of anilines is 1. The molecule has 0 saturated carbocycles. The van der Waals surface area contributed by atoms with Crippen LogP contribution in [0.15, 0.2) is 42.6 Å². The Kier molecular flexibility index (Phi) is 4.11. The molecule has 0 aliphatic heterocycles. The number of hydrogen-bond donors (Lipinski definition) is 2. The SMILES string of the molecule is O=C(Cc1cccc(O)c1)Nc1ccc(C(F)(F)F)nc1. The molecule has 0 spiro atoms. The minimum absolute atomic E-state index is 0.00454. The van der Waals surface area contributed by atoms with Crippen LogP contribution in [0.3, 0.4) is 0 Å². The number of amides is 1. The predicted octanol–water partition coefficient (Wildman–Crippen LogP) is 2.99. The number of halogens is 3. The fourth-order valence-electron chi connectivity index (χ4n) is 1.69. The Hall–Kier alpha value is -2.57. The molecule has 0 fully saturated rings. The maximum absolute atomic E-state index is 12.3. The highest BCUT2D eigenvalue weighted by atomic mass is 19.4. The summed E-state index contributed by atoms with van der Waals surface area (Å²) in [7, 11) is 0. The van der Waals surface area contributed by atoms with Crippen LogP contribution in [0.4, 0.5) is 18.9 Å². The second-order valence-electron chi connectivity index (χ2n) is 4.32. The number of alkyl halides is 3. The Morgan fingerprint density at radius 1 is 1.24 bits per heavy atom. The zero-order valence-electron chi connectivity index (χ0n) is 10.7. The van der Waals surface area contributed by atoms with E-state index in [1.54, 1.807) is 12.1 Å². The van der Waals surface area contributed by atoms with Gasteiger partial charge in [-0.25, -0.2) is 4.98 Å². The largest absolute Gasteiger partial charge is 0.508 e. The van der Waals surface area contributed by atoms with Gasteiger partial charge in [0.25, 0.3) is 0 Å². The molecule has 0 bridgehead atoms. The van der Waals surface area contributed by atoms with Crippen LogP contribution in [0.2, 0.25) is 0 Å². The normalized spacial score (nSPS) is 11.2. The first-order chi connectivity index (χ1) is 9.84. The highest BCUT2D eigenvalue weighted by Gasteiger charge is 2.32. The van der Waals surface area contributed by atoms with Crippen LogP contribution in [0.25, 0.3) is 0 Å². The minimum Gasteiger partial charge on any atom is -0.508 e. The number of carbonyl (C=O) groups is 1. The number of hydrogen-bond acceptors (Lipinski definition) is 3. The quantitative estimate of drug-likeness (QED) is 0.915. The molecule has 2 rings (SSSR count). The van der Waals surface area contributed by atoms with E-state index in [1.165, 1.54) is 12.1 Å². The van der Waals surface area contributed by atoms with E-state index < -0.39 is 17.8 Å². The average Bonchev–Trinajstić information content (AvgIpc) is 2.38. The summed E-state index contributed by atoms with van der Waals surface area (Å²) in [5.74, 6) is -0.376. The highest BCUT2D eigenvalue weighted by Crippen LogP contribution is 2.27. The van der Waals surface area contributed by atoms with Crippen molar-refractivity contribution in [2.45, 2.75) is 12.6 Å². The molecule has 1 heterocycles. The van der Waals surface area contributed by atoms with Crippen molar-refractivity contribution in [1.82, 2.24) is 4.98 Å². The van der Waals surface area contributed by atoms with Gasteiger partial charge in [0.2, 0.25) is 5.91 Å². The Bertz CT molecular complexity index is 639. The minimum atomic E-state index is -4.51. The van der Waals surface area contributed by atoms with E-state index in [9.17, 15) is 23.1 Å². The smallest absolute Gasteiger partial charge is 0.433 e. The fraction of sp³-hybridized carbons (Fsp3) is 0.143. The molecule has 0 saturated heterocycles. The van der Waals surface area contributed by atoms with E-state index in [4.69, 9.17) is 0 Å². The summed E-state index contributed by atoms with van der Waals surface area (Å²) in [6.07, 6.45) is -3.57. The molecule has 0 aliphatic carbocycles. The third-order valence-corrected chi connectivity index (χ3v) is 2.61. The van der Waals surface area contributed by atoms with E-state index in [2.05, 4.69) is 10.3 Å². The number of nitrogens with one attached hydrogen (secondary N) is 1. The van der Waals surface area contributed by atoms with Crippen LogP contribution in [0.5, 0.6) is 5.75 Å². The van der Waals surface area contributed by atoms with Gasteiger partial charge in [-0.05, 0) is 29.8 Å². The highest BCUT2D eigenvalue weighted by molar-refractivity contribution is 5.92. The lowest BCUT2D eigenvalue weighted by Crippen LogP contribution is -2.15. The van der Waals surface area contributed by atoms with Crippen molar-refractivity contribution in [2.24, 2.45) is 0 Å². The predicted molar refractivity (Wildman–Crippen MR) is 69.7 cm³/mol. The van der Waals surface area contributed by atoms with Crippen LogP contribution in [0, 0.1) is 0 Å². The molecule has 1 aromatic heterocycles. The van der Waals surface area contributed by atoms with Crippen LogP contribution < -0.4 is 5.32 Å². The molecule has 7 heteroatoms. The number of phenolic OH excluding ortho intramolecular Hbond substituents is 1. The summed E-state index contributed by atoms with van der Waals surface area (Å²) in [5, 5.41) is 11.7. The fourth-order valence-corrected chi connectivity index (χ4v) is 1.69. The van der Waals surface area contributed by atoms with Crippen molar-refractivity contribution in [1.29, 1.82) is 0 Å². The third-order valence-electron chi connectivity index (χ3n) is 2.61. The summed E-state index contributed by atoms with van der Waals surface area (Å²) >= 11 is 0. The van der Waals surface area contributed by atoms with E-state index in [0.717, 1.165) is 18.3 Å². The number of rotatable bonds is 3. The Morgan fingerprint density at radius 3 is 2.57 bits per heavy atom. The summed E-state index contributed by atoms with van der Waals surface area (Å²) in [6, 6.07) is 8.09. The van der Waals surface area contributed by atoms with E-state index in [-0.39, 0.29) is 17.9 Å². The number of aromatic nitrogens is 1. The van der Waals surface area contributed by atoms with Crippen molar-refractivity contribution in [2.75, 3.05) is 5.32 Å². The monoisotopic (exact) mass is 296 g/mol. The molecule has 2 N–H and O–H groups in total. The first-order valence-electron chi connectivity index (χ1n) is 5.95. The Morgan fingerprint density at radius 2 is 2.00 bits per heavy atom. The first-order valence-corrected chi connectivity index (χ1v) is 5.95. The molecule has 1 amide bonds. The van der Waals surface area contributed by atoms with Crippen LogP contribution in [-0.2, 0) is 17.4 Å². The number of phenols is 1. The average molecular weight is 296 g/mol. The molecule has 21 heavy (non-hydrogen) atoms. The first kappa shape index (κ1) is 14.8. The van der Waals surface area contributed by atoms with E-state index in [0.29, 0.717) is 5.56 Å². The molecule has 110 valence electrons. The van der Waals surface area contributed by atoms with Crippen molar-refractivity contribution >= 4 is 11.6 Å². The zero-order valence-corrected chi connectivity index (χ0v) is 10.7. The van der Waals surface area contributed by atoms with Crippen LogP contribution in [0.1, 0.15) is 11.3 Å². The molecule has 4 nitrogen and oxygen atoms in total. The molecule has 0 atom stereocenters. The van der Waals surface area contributed by atoms with Gasteiger partial charge in [0.15, 0.2) is 0 Å². The lowest BCUT2D eigenvalue weighted by atomic mass is 10.1. The lowest BCUT2D eigenvalue weighted by Gasteiger charge is -2.08. The number of benzene rings is 1. The van der Waals surface area contributed by atoms with Gasteiger partial charge in [-0.2, -0.15) is 13.2 Å². The second-order valence-corrected chi connectivity index (χ2v) is 4.32. The van der Waals surface area contributed by atoms with Gasteiger partial charge in [-0.3, -0.25) is 4.79 Å². The number of carbonyl (C=O) groups excluding carboxylic acids is 1. The topological polar surface area (TPSA) is 62.2 Å². The third kappa shape index (κ3) is 4.20. The van der Waals surface area contributed by atoms with Gasteiger partial charge in [0, 0.05) is 0 Å². The Balaban J connectivity index is 2.00. The van der Waals surface area contributed by atoms with Crippen molar-refractivity contribution in [3.63, 3.8) is 0 Å². The zero-order chi connectivity index (χ0) is 15.5. The molecule has 0 radical (unpaired) electrons. The van der Waals surface area contributed by atoms with E-state index in [1.807, 2.05) is 0 Å². The molecule has 2 aromatic rings. The summed E-state index contributed by atoms with van der Waals surface area (Å²) < 4.78 is 37.0. The van der Waals surface area contributed by atoms with Gasteiger partial charge >= 0.3 is 6.18 Å². The second kappa shape index (κ2) is 5.82. The van der Waals surface area contributed by atoms with E-state index >= 15 is 0 Å².